The van der Waals surface area contributed by atoms with Crippen molar-refractivity contribution in [1.29, 1.82) is 0 Å². The van der Waals surface area contributed by atoms with Crippen molar-refractivity contribution in [3.8, 4) is 0 Å². The molecule has 6 heteroatoms. The molecule has 0 spiro atoms. The molecular formula is C14H22N2O3S. The number of rotatable bonds is 5. The van der Waals surface area contributed by atoms with Crippen LogP contribution in [0.1, 0.15) is 30.9 Å². The van der Waals surface area contributed by atoms with Crippen LogP contribution in [-0.4, -0.2) is 27.2 Å². The lowest BCUT2D eigenvalue weighted by Gasteiger charge is -2.23. The topological polar surface area (TPSA) is 81.4 Å². The molecule has 1 fully saturated rings. The van der Waals surface area contributed by atoms with E-state index in [1.165, 1.54) is 0 Å². The van der Waals surface area contributed by atoms with Gasteiger partial charge in [-0.15, -0.1) is 0 Å². The number of nitrogens with one attached hydrogen (secondary N) is 1. The zero-order chi connectivity index (χ0) is 14.8. The van der Waals surface area contributed by atoms with Crippen LogP contribution in [0.25, 0.3) is 0 Å². The summed E-state index contributed by atoms with van der Waals surface area (Å²) in [5.41, 5.74) is 7.04. The van der Waals surface area contributed by atoms with E-state index in [-0.39, 0.29) is 10.5 Å². The van der Waals surface area contributed by atoms with Gasteiger partial charge in [0.15, 0.2) is 0 Å². The summed E-state index contributed by atoms with van der Waals surface area (Å²) in [6.45, 7) is 5.20. The lowest BCUT2D eigenvalue weighted by atomic mass is 10.0. The lowest BCUT2D eigenvalue weighted by Crippen LogP contribution is -2.40. The third-order valence-corrected chi connectivity index (χ3v) is 5.18. The minimum Gasteiger partial charge on any atom is -0.374 e. The standard InChI is InChI=1S/C14H22N2O3S/c1-11-8-13(5-4-12(11)9-15)20(17,18)16-10-14(2)6-3-7-19-14/h4-5,8,16H,3,6-7,9-10,15H2,1-2H3. The van der Waals surface area contributed by atoms with E-state index in [2.05, 4.69) is 4.72 Å². The van der Waals surface area contributed by atoms with Crippen molar-refractivity contribution in [2.75, 3.05) is 13.2 Å². The summed E-state index contributed by atoms with van der Waals surface area (Å²) in [5, 5.41) is 0. The van der Waals surface area contributed by atoms with Crippen LogP contribution in [0.3, 0.4) is 0 Å². The van der Waals surface area contributed by atoms with Crippen LogP contribution < -0.4 is 10.5 Å². The summed E-state index contributed by atoms with van der Waals surface area (Å²) < 4.78 is 32.8. The van der Waals surface area contributed by atoms with Crippen molar-refractivity contribution < 1.29 is 13.2 Å². The zero-order valence-corrected chi connectivity index (χ0v) is 12.8. The third kappa shape index (κ3) is 3.38. The minimum absolute atomic E-state index is 0.272. The molecule has 3 N–H and O–H groups in total. The molecule has 0 saturated carbocycles. The van der Waals surface area contributed by atoms with E-state index < -0.39 is 10.0 Å². The average Bonchev–Trinajstić information content (AvgIpc) is 2.84. The van der Waals surface area contributed by atoms with Gasteiger partial charge in [-0.05, 0) is 49.9 Å². The Hall–Kier alpha value is -0.950. The Morgan fingerprint density at radius 1 is 1.45 bits per heavy atom. The average molecular weight is 298 g/mol. The maximum absolute atomic E-state index is 12.3. The van der Waals surface area contributed by atoms with Crippen LogP contribution in [0.4, 0.5) is 0 Å². The second kappa shape index (κ2) is 5.81. The molecule has 0 bridgehead atoms. The Morgan fingerprint density at radius 2 is 2.20 bits per heavy atom. The molecule has 1 heterocycles. The van der Waals surface area contributed by atoms with Gasteiger partial charge >= 0.3 is 0 Å². The second-order valence-electron chi connectivity index (χ2n) is 5.52. The van der Waals surface area contributed by atoms with Crippen LogP contribution in [0.2, 0.25) is 0 Å². The first-order chi connectivity index (χ1) is 9.36. The smallest absolute Gasteiger partial charge is 0.240 e. The van der Waals surface area contributed by atoms with Crippen LogP contribution in [0.15, 0.2) is 23.1 Å². The SMILES string of the molecule is Cc1cc(S(=O)(=O)NCC2(C)CCCO2)ccc1CN. The number of benzene rings is 1. The molecule has 0 aliphatic carbocycles. The van der Waals surface area contributed by atoms with Crippen molar-refractivity contribution in [2.24, 2.45) is 5.73 Å². The Bertz CT molecular complexity index is 578. The molecule has 1 saturated heterocycles. The highest BCUT2D eigenvalue weighted by Crippen LogP contribution is 2.24. The Labute approximate surface area is 120 Å². The van der Waals surface area contributed by atoms with Gasteiger partial charge in [0.1, 0.15) is 0 Å². The molecule has 5 nitrogen and oxygen atoms in total. The quantitative estimate of drug-likeness (QED) is 0.858. The molecule has 0 amide bonds. The van der Waals surface area contributed by atoms with Gasteiger partial charge in [-0.1, -0.05) is 6.07 Å². The molecule has 0 aromatic heterocycles. The maximum Gasteiger partial charge on any atom is 0.240 e. The van der Waals surface area contributed by atoms with Gasteiger partial charge in [-0.3, -0.25) is 0 Å². The van der Waals surface area contributed by atoms with Crippen LogP contribution in [0, 0.1) is 6.92 Å². The summed E-state index contributed by atoms with van der Waals surface area (Å²) in [5.74, 6) is 0. The molecule has 1 atom stereocenters. The number of nitrogens with two attached hydrogens (primary N) is 1. The summed E-state index contributed by atoms with van der Waals surface area (Å²) >= 11 is 0. The fourth-order valence-corrected chi connectivity index (χ4v) is 3.61. The Kier molecular flexibility index (Phi) is 4.49. The number of hydrogen-bond acceptors (Lipinski definition) is 4. The van der Waals surface area contributed by atoms with E-state index in [0.717, 1.165) is 24.0 Å². The van der Waals surface area contributed by atoms with E-state index in [0.29, 0.717) is 19.7 Å². The van der Waals surface area contributed by atoms with Gasteiger partial charge in [0, 0.05) is 19.7 Å². The number of hydrogen-bond donors (Lipinski definition) is 2. The predicted molar refractivity (Wildman–Crippen MR) is 77.8 cm³/mol. The summed E-state index contributed by atoms with van der Waals surface area (Å²) in [6.07, 6.45) is 1.85. The van der Waals surface area contributed by atoms with Crippen molar-refractivity contribution >= 4 is 10.0 Å². The molecule has 1 aromatic rings. The molecule has 112 valence electrons. The van der Waals surface area contributed by atoms with Crippen LogP contribution in [0.5, 0.6) is 0 Å². The summed E-state index contributed by atoms with van der Waals surface area (Å²) in [6, 6.07) is 5.01. The fraction of sp³-hybridized carbons (Fsp3) is 0.571. The van der Waals surface area contributed by atoms with Crippen molar-refractivity contribution in [3.05, 3.63) is 29.3 Å². The van der Waals surface area contributed by atoms with Crippen molar-refractivity contribution in [1.82, 2.24) is 4.72 Å². The van der Waals surface area contributed by atoms with E-state index in [1.54, 1.807) is 18.2 Å². The van der Waals surface area contributed by atoms with Crippen LogP contribution in [-0.2, 0) is 21.3 Å². The first-order valence-electron chi connectivity index (χ1n) is 6.79. The van der Waals surface area contributed by atoms with E-state index >= 15 is 0 Å². The number of aryl methyl sites for hydroxylation is 1. The Balaban J connectivity index is 2.12. The van der Waals surface area contributed by atoms with Gasteiger partial charge in [0.05, 0.1) is 10.5 Å². The summed E-state index contributed by atoms with van der Waals surface area (Å²) in [4.78, 5) is 0.272. The molecule has 2 rings (SSSR count). The number of sulfonamides is 1. The highest BCUT2D eigenvalue weighted by Gasteiger charge is 2.31. The first-order valence-corrected chi connectivity index (χ1v) is 8.28. The van der Waals surface area contributed by atoms with Crippen molar-refractivity contribution in [2.45, 2.75) is 43.7 Å². The molecule has 0 radical (unpaired) electrons. The van der Waals surface area contributed by atoms with E-state index in [1.807, 2.05) is 13.8 Å². The molecule has 20 heavy (non-hydrogen) atoms. The predicted octanol–water partition coefficient (Wildman–Crippen LogP) is 1.30. The molecular weight excluding hydrogens is 276 g/mol. The second-order valence-corrected chi connectivity index (χ2v) is 7.29. The first kappa shape index (κ1) is 15.4. The van der Waals surface area contributed by atoms with Gasteiger partial charge in [-0.25, -0.2) is 13.1 Å². The Morgan fingerprint density at radius 3 is 2.75 bits per heavy atom. The van der Waals surface area contributed by atoms with Crippen molar-refractivity contribution in [3.63, 3.8) is 0 Å². The third-order valence-electron chi connectivity index (χ3n) is 3.78. The lowest BCUT2D eigenvalue weighted by molar-refractivity contribution is 0.0250. The van der Waals surface area contributed by atoms with Gasteiger partial charge in [-0.2, -0.15) is 0 Å². The minimum atomic E-state index is -3.50. The highest BCUT2D eigenvalue weighted by molar-refractivity contribution is 7.89. The monoisotopic (exact) mass is 298 g/mol. The molecule has 1 aliphatic heterocycles. The van der Waals surface area contributed by atoms with E-state index in [9.17, 15) is 8.42 Å². The number of ether oxygens (including phenoxy) is 1. The normalized spacial score (nSPS) is 23.1. The maximum atomic E-state index is 12.3. The van der Waals surface area contributed by atoms with Gasteiger partial charge in [0.25, 0.3) is 0 Å². The molecule has 1 unspecified atom stereocenters. The van der Waals surface area contributed by atoms with Gasteiger partial charge in [0.2, 0.25) is 10.0 Å². The largest absolute Gasteiger partial charge is 0.374 e. The molecule has 1 aromatic carbocycles. The van der Waals surface area contributed by atoms with E-state index in [4.69, 9.17) is 10.5 Å². The zero-order valence-electron chi connectivity index (χ0n) is 12.0. The molecule has 1 aliphatic rings. The van der Waals surface area contributed by atoms with Gasteiger partial charge < -0.3 is 10.5 Å². The highest BCUT2D eigenvalue weighted by atomic mass is 32.2. The summed E-state index contributed by atoms with van der Waals surface area (Å²) in [7, 11) is -3.50. The fourth-order valence-electron chi connectivity index (χ4n) is 2.37. The van der Waals surface area contributed by atoms with Crippen LogP contribution >= 0.6 is 0 Å².